The van der Waals surface area contributed by atoms with E-state index in [0.717, 1.165) is 32.1 Å². The molecule has 0 bridgehead atoms. The molecule has 1 N–H and O–H groups in total. The maximum absolute atomic E-state index is 15.7. The molecule has 0 radical (unpaired) electrons. The number of carbonyl (C=O) groups excluding carboxylic acids is 1. The molecule has 1 saturated carbocycles. The molecule has 1 amide bonds. The van der Waals surface area contributed by atoms with Crippen LogP contribution in [0.2, 0.25) is 0 Å². The summed E-state index contributed by atoms with van der Waals surface area (Å²) in [7, 11) is 0. The lowest BCUT2D eigenvalue weighted by Gasteiger charge is -2.39. The second-order valence-corrected chi connectivity index (χ2v) is 9.49. The number of aromatic carboxylic acids is 1. The van der Waals surface area contributed by atoms with Gasteiger partial charge in [-0.25, -0.2) is 13.9 Å². The Morgan fingerprint density at radius 3 is 2.38 bits per heavy atom. The highest BCUT2D eigenvalue weighted by Crippen LogP contribution is 2.42. The monoisotopic (exact) mass is 461 g/mol. The fraction of sp³-hybridized carbons (Fsp3) is 0.370. The van der Waals surface area contributed by atoms with Crippen molar-refractivity contribution in [2.75, 3.05) is 0 Å². The van der Waals surface area contributed by atoms with Crippen LogP contribution in [0.4, 0.5) is 4.39 Å². The van der Waals surface area contributed by atoms with Crippen LogP contribution >= 0.6 is 0 Å². The normalized spacial score (nSPS) is 20.4. The summed E-state index contributed by atoms with van der Waals surface area (Å²) in [5.41, 5.74) is 2.58. The van der Waals surface area contributed by atoms with Crippen LogP contribution in [0, 0.1) is 5.82 Å². The SMILES string of the molecule is C[C@@H]1CCC[C@H](C)N1C(=O)c1cccc(-c2cccc(-n3ncc(C(=O)O)c3C3CC3)c2)c1F. The molecule has 3 aromatic rings. The maximum atomic E-state index is 15.7. The Labute approximate surface area is 198 Å². The number of amides is 1. The zero-order chi connectivity index (χ0) is 24.0. The maximum Gasteiger partial charge on any atom is 0.339 e. The smallest absolute Gasteiger partial charge is 0.339 e. The topological polar surface area (TPSA) is 75.4 Å². The van der Waals surface area contributed by atoms with Crippen molar-refractivity contribution >= 4 is 11.9 Å². The molecule has 1 aliphatic carbocycles. The van der Waals surface area contributed by atoms with Crippen molar-refractivity contribution in [2.24, 2.45) is 0 Å². The molecule has 6 nitrogen and oxygen atoms in total. The van der Waals surface area contributed by atoms with Crippen LogP contribution in [-0.2, 0) is 0 Å². The number of likely N-dealkylation sites (tertiary alicyclic amines) is 1. The summed E-state index contributed by atoms with van der Waals surface area (Å²) in [6, 6.07) is 12.3. The number of aromatic nitrogens is 2. The fourth-order valence-electron chi connectivity index (χ4n) is 5.16. The van der Waals surface area contributed by atoms with E-state index in [1.54, 1.807) is 46.0 Å². The Kier molecular flexibility index (Phi) is 5.71. The number of hydrogen-bond acceptors (Lipinski definition) is 3. The molecule has 5 rings (SSSR count). The Morgan fingerprint density at radius 1 is 1.00 bits per heavy atom. The summed E-state index contributed by atoms with van der Waals surface area (Å²) in [6.45, 7) is 4.04. The van der Waals surface area contributed by atoms with Gasteiger partial charge in [-0.1, -0.05) is 24.3 Å². The van der Waals surface area contributed by atoms with Crippen LogP contribution in [0.25, 0.3) is 16.8 Å². The van der Waals surface area contributed by atoms with Gasteiger partial charge in [0.15, 0.2) is 0 Å². The third kappa shape index (κ3) is 3.89. The number of carboxylic acid groups (broad SMARTS) is 1. The summed E-state index contributed by atoms with van der Waals surface area (Å²) in [5, 5.41) is 13.9. The first-order valence-corrected chi connectivity index (χ1v) is 11.9. The first-order valence-electron chi connectivity index (χ1n) is 11.9. The van der Waals surface area contributed by atoms with E-state index in [-0.39, 0.29) is 35.0 Å². The van der Waals surface area contributed by atoms with E-state index in [2.05, 4.69) is 5.10 Å². The molecule has 1 aliphatic heterocycles. The third-order valence-corrected chi connectivity index (χ3v) is 7.06. The van der Waals surface area contributed by atoms with Crippen LogP contribution in [0.15, 0.2) is 48.7 Å². The van der Waals surface area contributed by atoms with Gasteiger partial charge in [0, 0.05) is 23.6 Å². The highest BCUT2D eigenvalue weighted by Gasteiger charge is 2.33. The standard InChI is InChI=1S/C27H28FN3O3/c1-16-6-3-7-17(2)30(16)26(32)22-11-5-10-21(24(22)28)19-8-4-9-20(14-19)31-25(18-12-13-18)23(15-29-31)27(33)34/h4-5,8-11,14-18H,3,6-7,12-13H2,1-2H3,(H,33,34)/t16-,17+. The van der Waals surface area contributed by atoms with Crippen molar-refractivity contribution in [1.82, 2.24) is 14.7 Å². The number of halogens is 1. The van der Waals surface area contributed by atoms with Crippen molar-refractivity contribution in [3.63, 3.8) is 0 Å². The van der Waals surface area contributed by atoms with Gasteiger partial charge in [-0.3, -0.25) is 4.79 Å². The van der Waals surface area contributed by atoms with Gasteiger partial charge in [0.1, 0.15) is 11.4 Å². The van der Waals surface area contributed by atoms with Crippen molar-refractivity contribution < 1.29 is 19.1 Å². The predicted octanol–water partition coefficient (Wildman–Crippen LogP) is 5.66. The molecule has 0 spiro atoms. The highest BCUT2D eigenvalue weighted by atomic mass is 19.1. The van der Waals surface area contributed by atoms with Crippen molar-refractivity contribution in [1.29, 1.82) is 0 Å². The van der Waals surface area contributed by atoms with Crippen LogP contribution in [0.3, 0.4) is 0 Å². The molecular formula is C27H28FN3O3. The lowest BCUT2D eigenvalue weighted by molar-refractivity contribution is 0.0505. The Hall–Kier alpha value is -3.48. The summed E-state index contributed by atoms with van der Waals surface area (Å²) >= 11 is 0. The van der Waals surface area contributed by atoms with Gasteiger partial charge < -0.3 is 10.0 Å². The van der Waals surface area contributed by atoms with E-state index in [0.29, 0.717) is 22.5 Å². The van der Waals surface area contributed by atoms with Gasteiger partial charge in [0.25, 0.3) is 5.91 Å². The zero-order valence-electron chi connectivity index (χ0n) is 19.4. The lowest BCUT2D eigenvalue weighted by atomic mass is 9.95. The van der Waals surface area contributed by atoms with Crippen molar-refractivity contribution in [2.45, 2.75) is 64.0 Å². The third-order valence-electron chi connectivity index (χ3n) is 7.06. The predicted molar refractivity (Wildman–Crippen MR) is 127 cm³/mol. The van der Waals surface area contributed by atoms with Crippen LogP contribution < -0.4 is 0 Å². The molecule has 2 heterocycles. The number of rotatable bonds is 5. The summed E-state index contributed by atoms with van der Waals surface area (Å²) in [4.78, 5) is 26.8. The van der Waals surface area contributed by atoms with Crippen molar-refractivity contribution in [3.8, 4) is 16.8 Å². The van der Waals surface area contributed by atoms with E-state index >= 15 is 4.39 Å². The molecular weight excluding hydrogens is 433 g/mol. The first kappa shape index (κ1) is 22.3. The molecule has 176 valence electrons. The minimum absolute atomic E-state index is 0.0757. The second kappa shape index (κ2) is 8.70. The summed E-state index contributed by atoms with van der Waals surface area (Å²) in [6.07, 6.45) is 6.15. The summed E-state index contributed by atoms with van der Waals surface area (Å²) in [5.74, 6) is -1.64. The van der Waals surface area contributed by atoms with Gasteiger partial charge in [-0.15, -0.1) is 0 Å². The molecule has 0 unspecified atom stereocenters. The molecule has 2 atom stereocenters. The van der Waals surface area contributed by atoms with E-state index in [9.17, 15) is 14.7 Å². The Balaban J connectivity index is 1.53. The summed E-state index contributed by atoms with van der Waals surface area (Å²) < 4.78 is 17.4. The van der Waals surface area contributed by atoms with Crippen LogP contribution in [-0.4, -0.2) is 43.7 Å². The largest absolute Gasteiger partial charge is 0.478 e. The highest BCUT2D eigenvalue weighted by molar-refractivity contribution is 5.96. The van der Waals surface area contributed by atoms with E-state index < -0.39 is 11.8 Å². The number of carbonyl (C=O) groups is 2. The van der Waals surface area contributed by atoms with Crippen LogP contribution in [0.1, 0.15) is 78.3 Å². The van der Waals surface area contributed by atoms with Gasteiger partial charge >= 0.3 is 5.97 Å². The molecule has 34 heavy (non-hydrogen) atoms. The minimum Gasteiger partial charge on any atom is -0.478 e. The van der Waals surface area contributed by atoms with Gasteiger partial charge in [-0.2, -0.15) is 5.10 Å². The first-order chi connectivity index (χ1) is 16.4. The Bertz CT molecular complexity index is 1250. The number of nitrogens with zero attached hydrogens (tertiary/aromatic N) is 3. The van der Waals surface area contributed by atoms with Crippen molar-refractivity contribution in [3.05, 3.63) is 71.3 Å². The molecule has 1 saturated heterocycles. The van der Waals surface area contributed by atoms with E-state index in [1.165, 1.54) is 6.20 Å². The molecule has 7 heteroatoms. The van der Waals surface area contributed by atoms with E-state index in [1.807, 2.05) is 19.9 Å². The molecule has 1 aromatic heterocycles. The Morgan fingerprint density at radius 2 is 1.71 bits per heavy atom. The fourth-order valence-corrected chi connectivity index (χ4v) is 5.16. The number of hydrogen-bond donors (Lipinski definition) is 1. The average Bonchev–Trinajstić information content (AvgIpc) is 3.56. The zero-order valence-corrected chi connectivity index (χ0v) is 19.4. The van der Waals surface area contributed by atoms with E-state index in [4.69, 9.17) is 0 Å². The quantitative estimate of drug-likeness (QED) is 0.532. The molecule has 2 aliphatic rings. The molecule has 2 fully saturated rings. The molecule has 2 aromatic carbocycles. The van der Waals surface area contributed by atoms with Gasteiger partial charge in [0.05, 0.1) is 23.1 Å². The van der Waals surface area contributed by atoms with Gasteiger partial charge in [-0.05, 0) is 69.7 Å². The minimum atomic E-state index is -0.997. The number of carboxylic acids is 1. The van der Waals surface area contributed by atoms with Crippen LogP contribution in [0.5, 0.6) is 0 Å². The second-order valence-electron chi connectivity index (χ2n) is 9.49. The average molecular weight is 462 g/mol. The number of piperidine rings is 1. The lowest BCUT2D eigenvalue weighted by Crippen LogP contribution is -2.47. The number of benzene rings is 2. The van der Waals surface area contributed by atoms with Gasteiger partial charge in [0.2, 0.25) is 0 Å².